The molecule has 6 nitrogen and oxygen atoms in total. The predicted molar refractivity (Wildman–Crippen MR) is 64.9 cm³/mol. The first-order chi connectivity index (χ1) is 8.10. The Balaban J connectivity index is 2.03. The molecule has 1 fully saturated rings. The van der Waals surface area contributed by atoms with Crippen LogP contribution in [0.4, 0.5) is 0 Å². The van der Waals surface area contributed by atoms with Crippen LogP contribution in [0.5, 0.6) is 0 Å². The number of aromatic nitrogens is 1. The summed E-state index contributed by atoms with van der Waals surface area (Å²) in [5.41, 5.74) is 0. The molecule has 0 amide bonds. The van der Waals surface area contributed by atoms with E-state index >= 15 is 0 Å². The first kappa shape index (κ1) is 12.9. The SMILES string of the molecule is CN(Cc1nccs1)S(=O)(=O)N1CCOCC1. The molecule has 1 aliphatic rings. The topological polar surface area (TPSA) is 62.7 Å². The van der Waals surface area contributed by atoms with E-state index in [4.69, 9.17) is 4.74 Å². The van der Waals surface area contributed by atoms with E-state index in [0.29, 0.717) is 32.8 Å². The van der Waals surface area contributed by atoms with E-state index in [2.05, 4.69) is 4.98 Å². The number of hydrogen-bond donors (Lipinski definition) is 0. The van der Waals surface area contributed by atoms with Gasteiger partial charge >= 0.3 is 0 Å². The van der Waals surface area contributed by atoms with Crippen molar-refractivity contribution in [1.29, 1.82) is 0 Å². The molecule has 1 aromatic rings. The third-order valence-electron chi connectivity index (χ3n) is 2.53. The van der Waals surface area contributed by atoms with E-state index in [1.54, 1.807) is 13.2 Å². The molecule has 1 aromatic heterocycles. The number of nitrogens with zero attached hydrogens (tertiary/aromatic N) is 3. The summed E-state index contributed by atoms with van der Waals surface area (Å²) in [6, 6.07) is 0. The molecule has 1 aliphatic heterocycles. The Morgan fingerprint density at radius 3 is 2.82 bits per heavy atom. The van der Waals surface area contributed by atoms with Crippen molar-refractivity contribution >= 4 is 21.5 Å². The second-order valence-corrected chi connectivity index (χ2v) is 6.72. The van der Waals surface area contributed by atoms with Gasteiger partial charge in [-0.1, -0.05) is 0 Å². The summed E-state index contributed by atoms with van der Waals surface area (Å²) in [4.78, 5) is 4.08. The van der Waals surface area contributed by atoms with Gasteiger partial charge in [-0.25, -0.2) is 4.98 Å². The Kier molecular flexibility index (Phi) is 4.10. The molecular formula is C9H15N3O3S2. The van der Waals surface area contributed by atoms with Gasteiger partial charge in [-0.05, 0) is 0 Å². The first-order valence-electron chi connectivity index (χ1n) is 5.28. The standard InChI is InChI=1S/C9H15N3O3S2/c1-11(8-9-10-2-7-16-9)17(13,14)12-3-5-15-6-4-12/h2,7H,3-6,8H2,1H3. The zero-order valence-corrected chi connectivity index (χ0v) is 11.2. The lowest BCUT2D eigenvalue weighted by atomic mass is 10.5. The molecule has 0 bridgehead atoms. The molecule has 0 unspecified atom stereocenters. The maximum absolute atomic E-state index is 12.2. The van der Waals surface area contributed by atoms with Crippen molar-refractivity contribution in [3.8, 4) is 0 Å². The Morgan fingerprint density at radius 2 is 2.24 bits per heavy atom. The number of morpholine rings is 1. The fraction of sp³-hybridized carbons (Fsp3) is 0.667. The molecular weight excluding hydrogens is 262 g/mol. The van der Waals surface area contributed by atoms with Crippen molar-refractivity contribution < 1.29 is 13.2 Å². The van der Waals surface area contributed by atoms with Crippen LogP contribution >= 0.6 is 11.3 Å². The van der Waals surface area contributed by atoms with Gasteiger partial charge in [0.15, 0.2) is 0 Å². The lowest BCUT2D eigenvalue weighted by Crippen LogP contribution is -2.47. The van der Waals surface area contributed by atoms with Gasteiger partial charge in [0.2, 0.25) is 0 Å². The molecule has 1 saturated heterocycles. The average Bonchev–Trinajstić information content (AvgIpc) is 2.83. The van der Waals surface area contributed by atoms with Crippen molar-refractivity contribution in [2.45, 2.75) is 6.54 Å². The van der Waals surface area contributed by atoms with Crippen molar-refractivity contribution in [3.05, 3.63) is 16.6 Å². The smallest absolute Gasteiger partial charge is 0.282 e. The molecule has 17 heavy (non-hydrogen) atoms. The van der Waals surface area contributed by atoms with Crippen LogP contribution in [0, 0.1) is 0 Å². The normalized spacial score (nSPS) is 18.7. The quantitative estimate of drug-likeness (QED) is 0.786. The van der Waals surface area contributed by atoms with Gasteiger partial charge in [-0.15, -0.1) is 11.3 Å². The highest BCUT2D eigenvalue weighted by atomic mass is 32.2. The van der Waals surface area contributed by atoms with Crippen LogP contribution in [0.3, 0.4) is 0 Å². The summed E-state index contributed by atoms with van der Waals surface area (Å²) < 4.78 is 32.3. The van der Waals surface area contributed by atoms with Crippen LogP contribution in [0.1, 0.15) is 5.01 Å². The first-order valence-corrected chi connectivity index (χ1v) is 7.56. The number of rotatable bonds is 4. The second kappa shape index (κ2) is 5.40. The lowest BCUT2D eigenvalue weighted by molar-refractivity contribution is 0.0705. The van der Waals surface area contributed by atoms with Crippen molar-refractivity contribution in [3.63, 3.8) is 0 Å². The summed E-state index contributed by atoms with van der Waals surface area (Å²) in [6.07, 6.45) is 1.68. The van der Waals surface area contributed by atoms with Gasteiger partial charge in [-0.2, -0.15) is 17.0 Å². The Bertz CT molecular complexity index is 440. The summed E-state index contributed by atoms with van der Waals surface area (Å²) in [7, 11) is -1.81. The molecule has 0 N–H and O–H groups in total. The van der Waals surface area contributed by atoms with Gasteiger partial charge < -0.3 is 4.74 Å². The Labute approximate surface area is 105 Å². The molecule has 0 aliphatic carbocycles. The van der Waals surface area contributed by atoms with Crippen LogP contribution in [0.2, 0.25) is 0 Å². The van der Waals surface area contributed by atoms with Crippen LogP contribution < -0.4 is 0 Å². The van der Waals surface area contributed by atoms with Crippen molar-refractivity contribution in [2.75, 3.05) is 33.4 Å². The molecule has 0 saturated carbocycles. The van der Waals surface area contributed by atoms with Crippen LogP contribution in [-0.4, -0.2) is 55.4 Å². The minimum atomic E-state index is -3.38. The maximum Gasteiger partial charge on any atom is 0.282 e. The highest BCUT2D eigenvalue weighted by Gasteiger charge is 2.28. The summed E-state index contributed by atoms with van der Waals surface area (Å²) >= 11 is 1.45. The zero-order valence-electron chi connectivity index (χ0n) is 9.57. The Morgan fingerprint density at radius 1 is 1.53 bits per heavy atom. The van der Waals surface area contributed by atoms with Crippen LogP contribution in [0.25, 0.3) is 0 Å². The fourth-order valence-corrected chi connectivity index (χ4v) is 3.62. The third-order valence-corrected chi connectivity index (χ3v) is 5.23. The maximum atomic E-state index is 12.2. The lowest BCUT2D eigenvalue weighted by Gasteiger charge is -2.29. The summed E-state index contributed by atoms with van der Waals surface area (Å²) in [5.74, 6) is 0. The molecule has 0 atom stereocenters. The van der Waals surface area contributed by atoms with E-state index in [1.165, 1.54) is 19.9 Å². The minimum Gasteiger partial charge on any atom is -0.379 e. The fourth-order valence-electron chi connectivity index (χ4n) is 1.58. The Hall–Kier alpha value is -0.540. The highest BCUT2D eigenvalue weighted by Crippen LogP contribution is 2.14. The van der Waals surface area contributed by atoms with E-state index in [-0.39, 0.29) is 0 Å². The van der Waals surface area contributed by atoms with Gasteiger partial charge in [0.05, 0.1) is 19.8 Å². The van der Waals surface area contributed by atoms with Crippen LogP contribution in [0.15, 0.2) is 11.6 Å². The van der Waals surface area contributed by atoms with E-state index < -0.39 is 10.2 Å². The van der Waals surface area contributed by atoms with Gasteiger partial charge in [-0.3, -0.25) is 0 Å². The van der Waals surface area contributed by atoms with E-state index in [1.807, 2.05) is 5.38 Å². The van der Waals surface area contributed by atoms with Crippen LogP contribution in [-0.2, 0) is 21.5 Å². The van der Waals surface area contributed by atoms with Gasteiger partial charge in [0, 0.05) is 31.7 Å². The highest BCUT2D eigenvalue weighted by molar-refractivity contribution is 7.86. The predicted octanol–water partition coefficient (Wildman–Crippen LogP) is 0.152. The number of thiazole rings is 1. The molecule has 2 rings (SSSR count). The average molecular weight is 277 g/mol. The molecule has 0 radical (unpaired) electrons. The number of ether oxygens (including phenoxy) is 1. The monoisotopic (exact) mass is 277 g/mol. The molecule has 8 heteroatoms. The molecule has 0 aromatic carbocycles. The summed E-state index contributed by atoms with van der Waals surface area (Å²) in [5, 5.41) is 2.63. The third kappa shape index (κ3) is 3.02. The van der Waals surface area contributed by atoms with Gasteiger partial charge in [0.25, 0.3) is 10.2 Å². The minimum absolute atomic E-state index is 0.317. The zero-order chi connectivity index (χ0) is 12.3. The van der Waals surface area contributed by atoms with E-state index in [9.17, 15) is 8.42 Å². The van der Waals surface area contributed by atoms with Crippen molar-refractivity contribution in [1.82, 2.24) is 13.6 Å². The second-order valence-electron chi connectivity index (χ2n) is 3.70. The summed E-state index contributed by atoms with van der Waals surface area (Å²) in [6.45, 7) is 2.08. The number of hydrogen-bond acceptors (Lipinski definition) is 5. The molecule has 96 valence electrons. The van der Waals surface area contributed by atoms with Crippen molar-refractivity contribution in [2.24, 2.45) is 0 Å². The van der Waals surface area contributed by atoms with Gasteiger partial charge in [0.1, 0.15) is 5.01 Å². The molecule has 2 heterocycles. The largest absolute Gasteiger partial charge is 0.379 e. The van der Waals surface area contributed by atoms with E-state index in [0.717, 1.165) is 5.01 Å². The molecule has 0 spiro atoms.